The Bertz CT molecular complexity index is 509. The number of sulfone groups is 2. The van der Waals surface area contributed by atoms with Crippen molar-refractivity contribution in [1.29, 1.82) is 0 Å². The third kappa shape index (κ3) is 7.51. The molecule has 112 valence electrons. The molecule has 0 radical (unpaired) electrons. The van der Waals surface area contributed by atoms with Crippen LogP contribution in [0.25, 0.3) is 0 Å². The van der Waals surface area contributed by atoms with Gasteiger partial charge >= 0.3 is 0 Å². The highest BCUT2D eigenvalue weighted by Crippen LogP contribution is 2.22. The van der Waals surface area contributed by atoms with E-state index in [1.807, 2.05) is 0 Å². The topological polar surface area (TPSA) is 97.4 Å². The second kappa shape index (κ2) is 6.69. The first kappa shape index (κ1) is 16.4. The molecule has 0 bridgehead atoms. The molecule has 0 saturated carbocycles. The zero-order valence-electron chi connectivity index (χ0n) is 11.1. The summed E-state index contributed by atoms with van der Waals surface area (Å²) in [5.74, 6) is 0.329. The van der Waals surface area contributed by atoms with Crippen molar-refractivity contribution in [3.63, 3.8) is 0 Å². The van der Waals surface area contributed by atoms with Gasteiger partial charge in [-0.05, 0) is 25.2 Å². The molecule has 1 N–H and O–H groups in total. The summed E-state index contributed by atoms with van der Waals surface area (Å²) in [4.78, 5) is 11.3. The van der Waals surface area contributed by atoms with Gasteiger partial charge in [0.25, 0.3) is 0 Å². The highest BCUT2D eigenvalue weighted by molar-refractivity contribution is 7.91. The van der Waals surface area contributed by atoms with E-state index in [4.69, 9.17) is 0 Å². The first-order chi connectivity index (χ1) is 8.68. The first-order valence-corrected chi connectivity index (χ1v) is 10.2. The van der Waals surface area contributed by atoms with E-state index in [1.165, 1.54) is 0 Å². The molecule has 1 rings (SSSR count). The summed E-state index contributed by atoms with van der Waals surface area (Å²) in [6, 6.07) is 0. The second-order valence-electron chi connectivity index (χ2n) is 5.14. The van der Waals surface area contributed by atoms with Crippen molar-refractivity contribution in [3.8, 4) is 0 Å². The Morgan fingerprint density at radius 1 is 1.37 bits per heavy atom. The third-order valence-electron chi connectivity index (χ3n) is 3.14. The minimum absolute atomic E-state index is 0.0172. The molecule has 1 atom stereocenters. The predicted octanol–water partition coefficient (Wildman–Crippen LogP) is -0.248. The van der Waals surface area contributed by atoms with Crippen molar-refractivity contribution in [2.24, 2.45) is 5.92 Å². The molecule has 1 fully saturated rings. The van der Waals surface area contributed by atoms with Gasteiger partial charge in [-0.3, -0.25) is 4.79 Å². The van der Waals surface area contributed by atoms with Gasteiger partial charge in [0.05, 0.1) is 17.3 Å². The molecule has 1 amide bonds. The number of hydrogen-bond acceptors (Lipinski definition) is 5. The minimum atomic E-state index is -3.10. The lowest BCUT2D eigenvalue weighted by atomic mass is 10.0. The Labute approximate surface area is 114 Å². The van der Waals surface area contributed by atoms with Crippen LogP contribution >= 0.6 is 0 Å². The Morgan fingerprint density at radius 2 is 2.05 bits per heavy atom. The van der Waals surface area contributed by atoms with E-state index in [-0.39, 0.29) is 35.5 Å². The van der Waals surface area contributed by atoms with Crippen LogP contribution in [0.4, 0.5) is 0 Å². The lowest BCUT2D eigenvalue weighted by Crippen LogP contribution is -2.26. The van der Waals surface area contributed by atoms with Crippen LogP contribution in [0, 0.1) is 5.92 Å². The number of carbonyl (C=O) groups excluding carboxylic acids is 1. The number of hydrogen-bond donors (Lipinski definition) is 1. The van der Waals surface area contributed by atoms with Crippen LogP contribution in [0.5, 0.6) is 0 Å². The normalized spacial score (nSPS) is 22.3. The van der Waals surface area contributed by atoms with Gasteiger partial charge in [0.15, 0.2) is 9.84 Å². The van der Waals surface area contributed by atoms with Crippen LogP contribution in [0.3, 0.4) is 0 Å². The van der Waals surface area contributed by atoms with Gasteiger partial charge in [-0.1, -0.05) is 0 Å². The predicted molar refractivity (Wildman–Crippen MR) is 73.3 cm³/mol. The number of nitrogens with one attached hydrogen (secondary N) is 1. The molecule has 19 heavy (non-hydrogen) atoms. The number of rotatable bonds is 7. The molecule has 8 heteroatoms. The van der Waals surface area contributed by atoms with Gasteiger partial charge < -0.3 is 5.32 Å². The monoisotopic (exact) mass is 311 g/mol. The maximum Gasteiger partial charge on any atom is 0.221 e. The SMILES string of the molecule is CS(=O)(=O)CCC(=O)NCCCC1CCS(=O)(=O)C1. The van der Waals surface area contributed by atoms with E-state index in [0.717, 1.165) is 19.1 Å². The molecule has 1 heterocycles. The van der Waals surface area contributed by atoms with E-state index < -0.39 is 19.7 Å². The minimum Gasteiger partial charge on any atom is -0.356 e. The van der Waals surface area contributed by atoms with Crippen LogP contribution in [-0.4, -0.2) is 52.8 Å². The molecule has 0 aromatic rings. The summed E-state index contributed by atoms with van der Waals surface area (Å²) in [6.45, 7) is 0.471. The summed E-state index contributed by atoms with van der Waals surface area (Å²) in [5, 5.41) is 2.65. The third-order valence-corrected chi connectivity index (χ3v) is 5.92. The standard InChI is InChI=1S/C11H21NO5S2/c1-18(14,15)7-5-11(13)12-6-2-3-10-4-8-19(16,17)9-10/h10H,2-9H2,1H3,(H,12,13). The van der Waals surface area contributed by atoms with E-state index in [1.54, 1.807) is 0 Å². The first-order valence-electron chi connectivity index (χ1n) is 6.33. The van der Waals surface area contributed by atoms with Crippen molar-refractivity contribution in [2.45, 2.75) is 25.7 Å². The largest absolute Gasteiger partial charge is 0.356 e. The van der Waals surface area contributed by atoms with Crippen molar-refractivity contribution >= 4 is 25.6 Å². The fraction of sp³-hybridized carbons (Fsp3) is 0.909. The Morgan fingerprint density at radius 3 is 2.58 bits per heavy atom. The summed E-state index contributed by atoms with van der Waals surface area (Å²) in [5.41, 5.74) is 0. The van der Waals surface area contributed by atoms with Gasteiger partial charge in [-0.2, -0.15) is 0 Å². The summed E-state index contributed by atoms with van der Waals surface area (Å²) < 4.78 is 44.2. The molecular formula is C11H21NO5S2. The van der Waals surface area contributed by atoms with Crippen LogP contribution in [0.15, 0.2) is 0 Å². The van der Waals surface area contributed by atoms with Crippen molar-refractivity contribution < 1.29 is 21.6 Å². The molecule has 6 nitrogen and oxygen atoms in total. The summed E-state index contributed by atoms with van der Waals surface area (Å²) in [6.07, 6.45) is 3.30. The van der Waals surface area contributed by atoms with Gasteiger partial charge in [-0.25, -0.2) is 16.8 Å². The van der Waals surface area contributed by atoms with Crippen molar-refractivity contribution in [3.05, 3.63) is 0 Å². The second-order valence-corrected chi connectivity index (χ2v) is 9.63. The molecule has 1 unspecified atom stereocenters. The molecule has 1 saturated heterocycles. The Kier molecular flexibility index (Phi) is 5.79. The molecule has 0 aromatic heterocycles. The Balaban J connectivity index is 2.10. The lowest BCUT2D eigenvalue weighted by molar-refractivity contribution is -0.120. The number of carbonyl (C=O) groups is 1. The smallest absolute Gasteiger partial charge is 0.221 e. The van der Waals surface area contributed by atoms with Crippen LogP contribution < -0.4 is 5.32 Å². The molecule has 1 aliphatic rings. The molecule has 0 aromatic carbocycles. The van der Waals surface area contributed by atoms with Gasteiger partial charge in [0.1, 0.15) is 9.84 Å². The maximum absolute atomic E-state index is 11.3. The van der Waals surface area contributed by atoms with Crippen LogP contribution in [-0.2, 0) is 24.5 Å². The van der Waals surface area contributed by atoms with Gasteiger partial charge in [-0.15, -0.1) is 0 Å². The average Bonchev–Trinajstić information content (AvgIpc) is 2.61. The summed E-state index contributed by atoms with van der Waals surface area (Å²) >= 11 is 0. The molecular weight excluding hydrogens is 290 g/mol. The maximum atomic E-state index is 11.3. The van der Waals surface area contributed by atoms with Crippen LogP contribution in [0.1, 0.15) is 25.7 Å². The van der Waals surface area contributed by atoms with Crippen LogP contribution in [0.2, 0.25) is 0 Å². The average molecular weight is 311 g/mol. The van der Waals surface area contributed by atoms with Gasteiger partial charge in [0, 0.05) is 19.2 Å². The number of amides is 1. The fourth-order valence-electron chi connectivity index (χ4n) is 2.08. The molecule has 1 aliphatic heterocycles. The fourth-order valence-corrected chi connectivity index (χ4v) is 4.55. The quantitative estimate of drug-likeness (QED) is 0.654. The zero-order valence-corrected chi connectivity index (χ0v) is 12.7. The van der Waals surface area contributed by atoms with E-state index >= 15 is 0 Å². The molecule has 0 spiro atoms. The highest BCUT2D eigenvalue weighted by atomic mass is 32.2. The lowest BCUT2D eigenvalue weighted by Gasteiger charge is -2.08. The van der Waals surface area contributed by atoms with Crippen molar-refractivity contribution in [1.82, 2.24) is 5.32 Å². The zero-order chi connectivity index (χ0) is 14.5. The van der Waals surface area contributed by atoms with E-state index in [0.29, 0.717) is 13.0 Å². The van der Waals surface area contributed by atoms with Crippen molar-refractivity contribution in [2.75, 3.05) is 30.1 Å². The van der Waals surface area contributed by atoms with E-state index in [9.17, 15) is 21.6 Å². The highest BCUT2D eigenvalue weighted by Gasteiger charge is 2.27. The van der Waals surface area contributed by atoms with E-state index in [2.05, 4.69) is 5.32 Å². The summed E-state index contributed by atoms with van der Waals surface area (Å²) in [7, 11) is -5.93. The molecule has 0 aliphatic carbocycles. The Hall–Kier alpha value is -0.630. The van der Waals surface area contributed by atoms with Gasteiger partial charge in [0.2, 0.25) is 5.91 Å².